The largest absolute Gasteiger partial charge is 0.352 e. The highest BCUT2D eigenvalue weighted by Gasteiger charge is 2.23. The van der Waals surface area contributed by atoms with E-state index >= 15 is 0 Å². The Morgan fingerprint density at radius 3 is 2.36 bits per heavy atom. The average molecular weight is 335 g/mol. The van der Waals surface area contributed by atoms with Crippen LogP contribution in [0.15, 0.2) is 55.4 Å². The third kappa shape index (κ3) is 3.18. The highest BCUT2D eigenvalue weighted by molar-refractivity contribution is 5.94. The molecule has 1 aliphatic rings. The number of hydrogen-bond donors (Lipinski definition) is 0. The molecule has 3 aromatic heterocycles. The van der Waals surface area contributed by atoms with Crippen LogP contribution in [0.3, 0.4) is 0 Å². The Kier molecular flexibility index (Phi) is 4.07. The van der Waals surface area contributed by atoms with E-state index in [1.165, 1.54) is 0 Å². The van der Waals surface area contributed by atoms with Crippen molar-refractivity contribution in [2.45, 2.75) is 0 Å². The van der Waals surface area contributed by atoms with Gasteiger partial charge in [0.15, 0.2) is 11.6 Å². The molecule has 1 fully saturated rings. The number of nitrogens with zero attached hydrogens (tertiary/aromatic N) is 7. The number of pyridine rings is 1. The van der Waals surface area contributed by atoms with Gasteiger partial charge < -0.3 is 9.80 Å². The zero-order chi connectivity index (χ0) is 17.1. The summed E-state index contributed by atoms with van der Waals surface area (Å²) in [4.78, 5) is 24.4. The van der Waals surface area contributed by atoms with Crippen molar-refractivity contribution in [3.63, 3.8) is 0 Å². The molecular formula is C17H17N7O. The standard InChI is InChI=1S/C17H17N7O/c25-17(14-2-1-5-18-12-14)23-10-8-22(9-11-23)15-3-4-16(21-20-15)24-7-6-19-13-24/h1-7,12-13H,8-11H2. The zero-order valence-electron chi connectivity index (χ0n) is 13.6. The molecule has 1 amide bonds. The molecule has 0 aromatic carbocycles. The van der Waals surface area contributed by atoms with Crippen molar-refractivity contribution in [2.75, 3.05) is 31.1 Å². The predicted molar refractivity (Wildman–Crippen MR) is 91.5 cm³/mol. The van der Waals surface area contributed by atoms with Crippen LogP contribution < -0.4 is 4.90 Å². The minimum atomic E-state index is 0.0225. The van der Waals surface area contributed by atoms with Crippen molar-refractivity contribution in [2.24, 2.45) is 0 Å². The van der Waals surface area contributed by atoms with E-state index in [9.17, 15) is 4.79 Å². The number of piperazine rings is 1. The summed E-state index contributed by atoms with van der Waals surface area (Å²) in [6.45, 7) is 2.76. The second-order valence-corrected chi connectivity index (χ2v) is 5.74. The number of carbonyl (C=O) groups is 1. The number of anilines is 1. The van der Waals surface area contributed by atoms with E-state index in [1.807, 2.05) is 23.2 Å². The lowest BCUT2D eigenvalue weighted by molar-refractivity contribution is 0.0746. The van der Waals surface area contributed by atoms with Gasteiger partial charge in [0.2, 0.25) is 0 Å². The normalized spacial score (nSPS) is 14.6. The molecule has 8 nitrogen and oxygen atoms in total. The molecule has 0 spiro atoms. The molecule has 3 aromatic rings. The summed E-state index contributed by atoms with van der Waals surface area (Å²) in [6.07, 6.45) is 8.49. The Bertz CT molecular complexity index is 825. The van der Waals surface area contributed by atoms with Crippen LogP contribution in [-0.4, -0.2) is 61.7 Å². The quantitative estimate of drug-likeness (QED) is 0.711. The van der Waals surface area contributed by atoms with E-state index in [0.29, 0.717) is 18.7 Å². The van der Waals surface area contributed by atoms with E-state index in [-0.39, 0.29) is 5.91 Å². The second-order valence-electron chi connectivity index (χ2n) is 5.74. The maximum Gasteiger partial charge on any atom is 0.255 e. The molecule has 0 saturated carbocycles. The van der Waals surface area contributed by atoms with Gasteiger partial charge in [0.05, 0.1) is 5.56 Å². The van der Waals surface area contributed by atoms with Crippen molar-refractivity contribution >= 4 is 11.7 Å². The van der Waals surface area contributed by atoms with Crippen LogP contribution in [0.2, 0.25) is 0 Å². The van der Waals surface area contributed by atoms with Gasteiger partial charge in [-0.05, 0) is 24.3 Å². The van der Waals surface area contributed by atoms with Gasteiger partial charge in [-0.15, -0.1) is 10.2 Å². The Balaban J connectivity index is 1.39. The number of aromatic nitrogens is 5. The van der Waals surface area contributed by atoms with Crippen LogP contribution in [0.25, 0.3) is 5.82 Å². The molecule has 126 valence electrons. The van der Waals surface area contributed by atoms with E-state index in [1.54, 1.807) is 41.6 Å². The fourth-order valence-corrected chi connectivity index (χ4v) is 2.83. The second kappa shape index (κ2) is 6.68. The molecular weight excluding hydrogens is 318 g/mol. The SMILES string of the molecule is O=C(c1cccnc1)N1CCN(c2ccc(-n3ccnc3)nn2)CC1. The van der Waals surface area contributed by atoms with E-state index in [4.69, 9.17) is 0 Å². The number of imidazole rings is 1. The Hall–Kier alpha value is -3.29. The molecule has 0 atom stereocenters. The minimum absolute atomic E-state index is 0.0225. The summed E-state index contributed by atoms with van der Waals surface area (Å²) in [5.41, 5.74) is 0.625. The molecule has 0 bridgehead atoms. The first-order chi connectivity index (χ1) is 12.3. The highest BCUT2D eigenvalue weighted by atomic mass is 16.2. The Labute approximate surface area is 144 Å². The third-order valence-electron chi connectivity index (χ3n) is 4.20. The van der Waals surface area contributed by atoms with Gasteiger partial charge >= 0.3 is 0 Å². The molecule has 0 N–H and O–H groups in total. The summed E-state index contributed by atoms with van der Waals surface area (Å²) in [5.74, 6) is 1.57. The first-order valence-electron chi connectivity index (χ1n) is 8.07. The van der Waals surface area contributed by atoms with Crippen molar-refractivity contribution in [3.8, 4) is 5.82 Å². The van der Waals surface area contributed by atoms with Gasteiger partial charge in [0.1, 0.15) is 6.33 Å². The third-order valence-corrected chi connectivity index (χ3v) is 4.20. The lowest BCUT2D eigenvalue weighted by atomic mass is 10.2. The molecule has 0 aliphatic carbocycles. The highest BCUT2D eigenvalue weighted by Crippen LogP contribution is 2.15. The molecule has 8 heteroatoms. The topological polar surface area (TPSA) is 80.0 Å². The first-order valence-corrected chi connectivity index (χ1v) is 8.07. The fraction of sp³-hybridized carbons (Fsp3) is 0.235. The van der Waals surface area contributed by atoms with E-state index in [0.717, 1.165) is 24.7 Å². The first kappa shape index (κ1) is 15.3. The minimum Gasteiger partial charge on any atom is -0.352 e. The predicted octanol–water partition coefficient (Wildman–Crippen LogP) is 1.02. The molecule has 4 rings (SSSR count). The zero-order valence-corrected chi connectivity index (χ0v) is 13.6. The smallest absolute Gasteiger partial charge is 0.255 e. The lowest BCUT2D eigenvalue weighted by Crippen LogP contribution is -2.49. The van der Waals surface area contributed by atoms with E-state index in [2.05, 4.69) is 25.1 Å². The van der Waals surface area contributed by atoms with Crippen LogP contribution in [-0.2, 0) is 0 Å². The summed E-state index contributed by atoms with van der Waals surface area (Å²) in [6, 6.07) is 7.43. The molecule has 1 saturated heterocycles. The van der Waals surface area contributed by atoms with Crippen LogP contribution in [0.1, 0.15) is 10.4 Å². The monoisotopic (exact) mass is 335 g/mol. The maximum absolute atomic E-state index is 12.4. The Morgan fingerprint density at radius 2 is 1.72 bits per heavy atom. The van der Waals surface area contributed by atoms with Crippen LogP contribution in [0.5, 0.6) is 0 Å². The number of amides is 1. The maximum atomic E-state index is 12.4. The van der Waals surface area contributed by atoms with Gasteiger partial charge in [-0.25, -0.2) is 4.98 Å². The average Bonchev–Trinajstić information content (AvgIpc) is 3.23. The number of rotatable bonds is 3. The number of hydrogen-bond acceptors (Lipinski definition) is 6. The lowest BCUT2D eigenvalue weighted by Gasteiger charge is -2.35. The van der Waals surface area contributed by atoms with Crippen LogP contribution >= 0.6 is 0 Å². The van der Waals surface area contributed by atoms with Crippen molar-refractivity contribution in [1.82, 2.24) is 29.6 Å². The molecule has 1 aliphatic heterocycles. The van der Waals surface area contributed by atoms with Crippen molar-refractivity contribution < 1.29 is 4.79 Å². The van der Waals surface area contributed by atoms with E-state index < -0.39 is 0 Å². The summed E-state index contributed by atoms with van der Waals surface area (Å²) >= 11 is 0. The van der Waals surface area contributed by atoms with Gasteiger partial charge in [0.25, 0.3) is 5.91 Å². The molecule has 0 unspecified atom stereocenters. The van der Waals surface area contributed by atoms with Gasteiger partial charge in [-0.1, -0.05) is 0 Å². The van der Waals surface area contributed by atoms with Crippen LogP contribution in [0, 0.1) is 0 Å². The van der Waals surface area contributed by atoms with Crippen molar-refractivity contribution in [3.05, 3.63) is 60.9 Å². The molecule has 0 radical (unpaired) electrons. The molecule has 25 heavy (non-hydrogen) atoms. The summed E-state index contributed by atoms with van der Waals surface area (Å²) < 4.78 is 1.81. The van der Waals surface area contributed by atoms with Gasteiger partial charge in [-0.2, -0.15) is 0 Å². The Morgan fingerprint density at radius 1 is 0.920 bits per heavy atom. The van der Waals surface area contributed by atoms with Gasteiger partial charge in [-0.3, -0.25) is 14.3 Å². The van der Waals surface area contributed by atoms with Crippen LogP contribution in [0.4, 0.5) is 5.82 Å². The molecule has 4 heterocycles. The van der Waals surface area contributed by atoms with Gasteiger partial charge in [0, 0.05) is 51.0 Å². The summed E-state index contributed by atoms with van der Waals surface area (Å²) in [5, 5.41) is 8.54. The number of carbonyl (C=O) groups excluding carboxylic acids is 1. The summed E-state index contributed by atoms with van der Waals surface area (Å²) in [7, 11) is 0. The van der Waals surface area contributed by atoms with Crippen molar-refractivity contribution in [1.29, 1.82) is 0 Å². The fourth-order valence-electron chi connectivity index (χ4n) is 2.83.